The van der Waals surface area contributed by atoms with Gasteiger partial charge in [0.1, 0.15) is 12.3 Å². The molecule has 1 aromatic heterocycles. The lowest BCUT2D eigenvalue weighted by atomic mass is 9.87. The molecule has 0 saturated heterocycles. The summed E-state index contributed by atoms with van der Waals surface area (Å²) in [7, 11) is 3.29. The van der Waals surface area contributed by atoms with Gasteiger partial charge in [-0.25, -0.2) is 4.68 Å². The van der Waals surface area contributed by atoms with Crippen molar-refractivity contribution in [1.82, 2.24) is 9.78 Å². The minimum Gasteiger partial charge on any atom is -0.493 e. The second-order valence-electron chi connectivity index (χ2n) is 9.94. The Labute approximate surface area is 199 Å². The predicted molar refractivity (Wildman–Crippen MR) is 132 cm³/mol. The molecule has 1 unspecified atom stereocenters. The van der Waals surface area contributed by atoms with E-state index in [9.17, 15) is 4.79 Å². The maximum atomic E-state index is 13.3. The van der Waals surface area contributed by atoms with Gasteiger partial charge < -0.3 is 19.1 Å². The Morgan fingerprint density at radius 3 is 2.47 bits per heavy atom. The van der Waals surface area contributed by atoms with Crippen LogP contribution < -0.4 is 24.7 Å². The lowest BCUT2D eigenvalue weighted by Gasteiger charge is -2.42. The molecule has 7 nitrogen and oxygen atoms in total. The van der Waals surface area contributed by atoms with E-state index in [2.05, 4.69) is 55.0 Å². The molecule has 0 bridgehead atoms. The Morgan fingerprint density at radius 1 is 1.09 bits per heavy atom. The zero-order valence-corrected chi connectivity index (χ0v) is 20.4. The molecule has 0 saturated carbocycles. The first-order valence-electron chi connectivity index (χ1n) is 11.6. The summed E-state index contributed by atoms with van der Waals surface area (Å²) in [5.41, 5.74) is 5.28. The first kappa shape index (κ1) is 22.3. The lowest BCUT2D eigenvalue weighted by molar-refractivity contribution is 0.251. The number of methoxy groups -OCH3 is 2. The molecule has 0 amide bonds. The minimum atomic E-state index is -0.200. The molecule has 5 rings (SSSR count). The Hall–Kier alpha value is -3.48. The summed E-state index contributed by atoms with van der Waals surface area (Å²) in [4.78, 5) is 15.5. The van der Waals surface area contributed by atoms with Crippen molar-refractivity contribution in [2.75, 3.05) is 32.3 Å². The van der Waals surface area contributed by atoms with Crippen LogP contribution in [0.25, 0.3) is 0 Å². The van der Waals surface area contributed by atoms with Gasteiger partial charge in [-0.2, -0.15) is 5.10 Å². The fourth-order valence-corrected chi connectivity index (χ4v) is 4.86. The van der Waals surface area contributed by atoms with Crippen LogP contribution in [0.4, 0.5) is 5.69 Å². The summed E-state index contributed by atoms with van der Waals surface area (Å²) in [5, 5.41) is 4.50. The van der Waals surface area contributed by atoms with Crippen molar-refractivity contribution in [3.8, 4) is 17.2 Å². The molecular formula is C27H31N3O4. The van der Waals surface area contributed by atoms with Gasteiger partial charge in [-0.3, -0.25) is 4.79 Å². The zero-order valence-electron chi connectivity index (χ0n) is 20.4. The van der Waals surface area contributed by atoms with Crippen LogP contribution in [-0.2, 0) is 18.4 Å². The Morgan fingerprint density at radius 2 is 1.79 bits per heavy atom. The van der Waals surface area contributed by atoms with Crippen molar-refractivity contribution < 1.29 is 14.2 Å². The first-order chi connectivity index (χ1) is 16.3. The van der Waals surface area contributed by atoms with Crippen LogP contribution >= 0.6 is 0 Å². The van der Waals surface area contributed by atoms with Crippen molar-refractivity contribution in [2.24, 2.45) is 0 Å². The van der Waals surface area contributed by atoms with E-state index in [0.717, 1.165) is 35.5 Å². The highest BCUT2D eigenvalue weighted by Gasteiger charge is 2.36. The molecule has 2 aliphatic rings. The van der Waals surface area contributed by atoms with Crippen LogP contribution in [0.15, 0.2) is 47.4 Å². The molecule has 0 spiro atoms. The molecule has 0 fully saturated rings. The topological polar surface area (TPSA) is 65.8 Å². The quantitative estimate of drug-likeness (QED) is 0.583. The molecule has 3 heterocycles. The zero-order chi connectivity index (χ0) is 24.0. The van der Waals surface area contributed by atoms with E-state index >= 15 is 0 Å². The number of hydrogen-bond acceptors (Lipinski definition) is 6. The van der Waals surface area contributed by atoms with Crippen molar-refractivity contribution in [3.63, 3.8) is 0 Å². The third kappa shape index (κ3) is 3.79. The number of nitrogens with zero attached hydrogens (tertiary/aromatic N) is 3. The number of anilines is 1. The Balaban J connectivity index is 1.44. The summed E-state index contributed by atoms with van der Waals surface area (Å²) < 4.78 is 18.5. The van der Waals surface area contributed by atoms with Gasteiger partial charge in [-0.1, -0.05) is 45.0 Å². The average molecular weight is 462 g/mol. The van der Waals surface area contributed by atoms with E-state index in [0.29, 0.717) is 24.7 Å². The van der Waals surface area contributed by atoms with Gasteiger partial charge in [0.2, 0.25) is 5.75 Å². The second-order valence-corrected chi connectivity index (χ2v) is 9.94. The van der Waals surface area contributed by atoms with Crippen LogP contribution in [0.2, 0.25) is 0 Å². The van der Waals surface area contributed by atoms with Crippen LogP contribution in [0, 0.1) is 0 Å². The SMILES string of the molecule is COc1cc2c(cc1OC)C1COc3c(cnn(Cc4ccc(C(C)(C)C)cc4)c3=O)N1CC2. The van der Waals surface area contributed by atoms with Gasteiger partial charge in [-0.15, -0.1) is 0 Å². The van der Waals surface area contributed by atoms with Crippen molar-refractivity contribution >= 4 is 5.69 Å². The van der Waals surface area contributed by atoms with Gasteiger partial charge in [0.25, 0.3) is 0 Å². The molecule has 2 aromatic carbocycles. The fraction of sp³-hybridized carbons (Fsp3) is 0.407. The molecule has 0 radical (unpaired) electrons. The van der Waals surface area contributed by atoms with Crippen LogP contribution in [-0.4, -0.2) is 37.2 Å². The smallest absolute Gasteiger partial charge is 0.311 e. The third-order valence-electron chi connectivity index (χ3n) is 6.83. The average Bonchev–Trinajstić information content (AvgIpc) is 2.84. The Kier molecular flexibility index (Phi) is 5.50. The summed E-state index contributed by atoms with van der Waals surface area (Å²) >= 11 is 0. The largest absolute Gasteiger partial charge is 0.493 e. The van der Waals surface area contributed by atoms with Crippen molar-refractivity contribution in [1.29, 1.82) is 0 Å². The molecule has 34 heavy (non-hydrogen) atoms. The highest BCUT2D eigenvalue weighted by atomic mass is 16.5. The third-order valence-corrected chi connectivity index (χ3v) is 6.83. The first-order valence-corrected chi connectivity index (χ1v) is 11.6. The van der Waals surface area contributed by atoms with Gasteiger partial charge in [0, 0.05) is 6.54 Å². The summed E-state index contributed by atoms with van der Waals surface area (Å²) in [6.07, 6.45) is 2.60. The highest BCUT2D eigenvalue weighted by Crippen LogP contribution is 2.43. The van der Waals surface area contributed by atoms with E-state index in [4.69, 9.17) is 14.2 Å². The van der Waals surface area contributed by atoms with E-state index in [1.807, 2.05) is 12.1 Å². The summed E-state index contributed by atoms with van der Waals surface area (Å²) in [6, 6.07) is 12.4. The van der Waals surface area contributed by atoms with Gasteiger partial charge >= 0.3 is 5.56 Å². The van der Waals surface area contributed by atoms with Crippen LogP contribution in [0.5, 0.6) is 17.2 Å². The maximum absolute atomic E-state index is 13.3. The number of ether oxygens (including phenoxy) is 3. The number of rotatable bonds is 4. The number of benzene rings is 2. The monoisotopic (exact) mass is 461 g/mol. The number of hydrogen-bond donors (Lipinski definition) is 0. The normalized spacial score (nSPS) is 16.7. The summed E-state index contributed by atoms with van der Waals surface area (Å²) in [6.45, 7) is 8.15. The van der Waals surface area contributed by atoms with Crippen molar-refractivity contribution in [3.05, 3.63) is 75.2 Å². The van der Waals surface area contributed by atoms with E-state index < -0.39 is 0 Å². The highest BCUT2D eigenvalue weighted by molar-refractivity contribution is 5.62. The molecular weight excluding hydrogens is 430 g/mol. The number of aromatic nitrogens is 2. The second kappa shape index (κ2) is 8.38. The molecule has 7 heteroatoms. The van der Waals surface area contributed by atoms with E-state index in [1.165, 1.54) is 15.8 Å². The van der Waals surface area contributed by atoms with Gasteiger partial charge in [0.05, 0.1) is 33.0 Å². The van der Waals surface area contributed by atoms with Crippen LogP contribution in [0.3, 0.4) is 0 Å². The lowest BCUT2D eigenvalue weighted by Crippen LogP contribution is -2.44. The standard InChI is InChI=1S/C27H31N3O4/c1-27(2,3)19-8-6-17(7-9-19)15-30-26(31)25-21(14-28-30)29-11-10-18-12-23(32-4)24(33-5)13-20(18)22(29)16-34-25/h6-9,12-14,22H,10-11,15-16H2,1-5H3. The maximum Gasteiger partial charge on any atom is 0.311 e. The number of fused-ring (bicyclic) bond motifs is 5. The van der Waals surface area contributed by atoms with Crippen molar-refractivity contribution in [2.45, 2.75) is 45.2 Å². The molecule has 0 aliphatic carbocycles. The fourth-order valence-electron chi connectivity index (χ4n) is 4.86. The predicted octanol–water partition coefficient (Wildman–Crippen LogP) is 4.10. The van der Waals surface area contributed by atoms with Crippen LogP contribution in [0.1, 0.15) is 49.1 Å². The van der Waals surface area contributed by atoms with E-state index in [1.54, 1.807) is 20.4 Å². The van der Waals surface area contributed by atoms with Gasteiger partial charge in [0.15, 0.2) is 11.5 Å². The molecule has 0 N–H and O–H groups in total. The molecule has 3 aromatic rings. The molecule has 2 aliphatic heterocycles. The Bertz CT molecular complexity index is 1270. The van der Waals surface area contributed by atoms with Gasteiger partial charge in [-0.05, 0) is 46.2 Å². The minimum absolute atomic E-state index is 0.00181. The molecule has 178 valence electrons. The van der Waals surface area contributed by atoms with E-state index in [-0.39, 0.29) is 17.0 Å². The molecule has 1 atom stereocenters. The summed E-state index contributed by atoms with van der Waals surface area (Å²) in [5.74, 6) is 1.80.